The summed E-state index contributed by atoms with van der Waals surface area (Å²) in [6.45, 7) is 0. The number of carboxylic acid groups (broad SMARTS) is 1. The summed E-state index contributed by atoms with van der Waals surface area (Å²) in [5, 5.41) is 9.10. The molecule has 29 heavy (non-hydrogen) atoms. The van der Waals surface area contributed by atoms with Gasteiger partial charge in [0.2, 0.25) is 10.0 Å². The number of hydrogen-bond donors (Lipinski definition) is 2. The molecule has 0 atom stereocenters. The summed E-state index contributed by atoms with van der Waals surface area (Å²) in [4.78, 5) is 11.1. The van der Waals surface area contributed by atoms with Crippen LogP contribution in [0, 0.1) is 0 Å². The van der Waals surface area contributed by atoms with Gasteiger partial charge in [0.1, 0.15) is 0 Å². The minimum atomic E-state index is -3.52. The predicted molar refractivity (Wildman–Crippen MR) is 115 cm³/mol. The van der Waals surface area contributed by atoms with E-state index in [1.54, 1.807) is 42.5 Å². The van der Waals surface area contributed by atoms with Crippen molar-refractivity contribution >= 4 is 21.7 Å². The third-order valence-electron chi connectivity index (χ3n) is 4.57. The van der Waals surface area contributed by atoms with Crippen LogP contribution in [0.3, 0.4) is 0 Å². The minimum absolute atomic E-state index is 0.0792. The fourth-order valence-corrected chi connectivity index (χ4v) is 4.42. The summed E-state index contributed by atoms with van der Waals surface area (Å²) in [6.07, 6.45) is 2.17. The molecule has 3 aromatic carbocycles. The summed E-state index contributed by atoms with van der Waals surface area (Å²) in [5.74, 6) is -1.02. The Balaban J connectivity index is 1.64. The van der Waals surface area contributed by atoms with Crippen molar-refractivity contribution in [2.24, 2.45) is 0 Å². The SMILES string of the molecule is O=C(O)c1cccc(CCCc2ccccc2NS(=O)(=O)Cc2ccccc2)c1. The molecule has 0 fully saturated rings. The van der Waals surface area contributed by atoms with Gasteiger partial charge in [0.15, 0.2) is 0 Å². The zero-order chi connectivity index (χ0) is 20.7. The quantitative estimate of drug-likeness (QED) is 0.545. The second kappa shape index (κ2) is 9.39. The number of sulfonamides is 1. The van der Waals surface area contributed by atoms with Crippen molar-refractivity contribution in [1.82, 2.24) is 0 Å². The van der Waals surface area contributed by atoms with Crippen LogP contribution in [0.4, 0.5) is 5.69 Å². The van der Waals surface area contributed by atoms with Crippen molar-refractivity contribution in [3.63, 3.8) is 0 Å². The number of carboxylic acids is 1. The zero-order valence-corrected chi connectivity index (χ0v) is 16.7. The normalized spacial score (nSPS) is 11.2. The van der Waals surface area contributed by atoms with E-state index >= 15 is 0 Å². The fraction of sp³-hybridized carbons (Fsp3) is 0.174. The van der Waals surface area contributed by atoms with E-state index < -0.39 is 16.0 Å². The van der Waals surface area contributed by atoms with Crippen LogP contribution >= 0.6 is 0 Å². The van der Waals surface area contributed by atoms with E-state index in [1.807, 2.05) is 36.4 Å². The van der Waals surface area contributed by atoms with Crippen LogP contribution in [0.5, 0.6) is 0 Å². The number of benzene rings is 3. The van der Waals surface area contributed by atoms with Crippen LogP contribution in [0.1, 0.15) is 33.5 Å². The molecule has 0 aliphatic heterocycles. The summed E-state index contributed by atoms with van der Waals surface area (Å²) in [7, 11) is -3.52. The number of hydrogen-bond acceptors (Lipinski definition) is 3. The van der Waals surface area contributed by atoms with E-state index in [9.17, 15) is 13.2 Å². The molecule has 0 saturated carbocycles. The zero-order valence-electron chi connectivity index (χ0n) is 15.9. The Morgan fingerprint density at radius 1 is 0.828 bits per heavy atom. The molecule has 0 aliphatic carbocycles. The Kier molecular flexibility index (Phi) is 6.67. The van der Waals surface area contributed by atoms with Gasteiger partial charge < -0.3 is 5.11 Å². The van der Waals surface area contributed by atoms with Gasteiger partial charge >= 0.3 is 5.97 Å². The molecule has 6 heteroatoms. The molecule has 3 rings (SSSR count). The molecular formula is C23H23NO4S. The molecule has 0 radical (unpaired) electrons. The third kappa shape index (κ3) is 6.19. The lowest BCUT2D eigenvalue weighted by Gasteiger charge is -2.13. The Morgan fingerprint density at radius 3 is 2.28 bits per heavy atom. The van der Waals surface area contributed by atoms with Gasteiger partial charge in [-0.3, -0.25) is 4.72 Å². The predicted octanol–water partition coefficient (Wildman–Crippen LogP) is 4.50. The van der Waals surface area contributed by atoms with Crippen LogP contribution in [0.2, 0.25) is 0 Å². The molecule has 0 bridgehead atoms. The summed E-state index contributed by atoms with van der Waals surface area (Å²) >= 11 is 0. The number of carbonyl (C=O) groups is 1. The minimum Gasteiger partial charge on any atom is -0.478 e. The number of anilines is 1. The standard InChI is InChI=1S/C23H23NO4S/c25-23(26)21-14-7-11-18(16-21)10-6-13-20-12-4-5-15-22(20)24-29(27,28)17-19-8-2-1-3-9-19/h1-5,7-9,11-12,14-16,24H,6,10,13,17H2,(H,25,26). The maximum Gasteiger partial charge on any atom is 0.335 e. The molecule has 0 unspecified atom stereocenters. The van der Waals surface area contributed by atoms with Gasteiger partial charge in [-0.1, -0.05) is 60.7 Å². The lowest BCUT2D eigenvalue weighted by Crippen LogP contribution is -2.16. The van der Waals surface area contributed by atoms with Gasteiger partial charge in [-0.25, -0.2) is 13.2 Å². The molecule has 0 aromatic heterocycles. The average Bonchev–Trinajstić information content (AvgIpc) is 2.69. The van der Waals surface area contributed by atoms with E-state index in [2.05, 4.69) is 4.72 Å². The monoisotopic (exact) mass is 409 g/mol. The summed E-state index contributed by atoms with van der Waals surface area (Å²) in [5.41, 5.74) is 3.46. The molecule has 5 nitrogen and oxygen atoms in total. The lowest BCUT2D eigenvalue weighted by molar-refractivity contribution is 0.0696. The number of para-hydroxylation sites is 1. The Bertz CT molecular complexity index is 1080. The van der Waals surface area contributed by atoms with Crippen molar-refractivity contribution in [2.75, 3.05) is 4.72 Å². The second-order valence-electron chi connectivity index (χ2n) is 6.86. The Morgan fingerprint density at radius 2 is 1.52 bits per heavy atom. The largest absolute Gasteiger partial charge is 0.478 e. The lowest BCUT2D eigenvalue weighted by atomic mass is 10.0. The number of aryl methyl sites for hydroxylation is 2. The molecule has 0 saturated heterocycles. The van der Waals surface area contributed by atoms with Crippen LogP contribution in [0.15, 0.2) is 78.9 Å². The molecule has 3 aromatic rings. The average molecular weight is 410 g/mol. The smallest absolute Gasteiger partial charge is 0.335 e. The summed E-state index contributed by atoms with van der Waals surface area (Å²) < 4.78 is 27.8. The van der Waals surface area contributed by atoms with E-state index in [0.717, 1.165) is 23.1 Å². The first-order chi connectivity index (χ1) is 13.9. The van der Waals surface area contributed by atoms with E-state index in [0.29, 0.717) is 18.5 Å². The third-order valence-corrected chi connectivity index (χ3v) is 5.81. The van der Waals surface area contributed by atoms with E-state index in [1.165, 1.54) is 0 Å². The van der Waals surface area contributed by atoms with Gasteiger partial charge in [-0.05, 0) is 54.2 Å². The van der Waals surface area contributed by atoms with E-state index in [4.69, 9.17) is 5.11 Å². The van der Waals surface area contributed by atoms with Gasteiger partial charge in [-0.2, -0.15) is 0 Å². The van der Waals surface area contributed by atoms with Crippen LogP contribution in [-0.2, 0) is 28.6 Å². The van der Waals surface area contributed by atoms with Crippen molar-refractivity contribution in [3.05, 3.63) is 101 Å². The number of nitrogens with one attached hydrogen (secondary N) is 1. The molecule has 150 valence electrons. The maximum absolute atomic E-state index is 12.6. The molecule has 0 amide bonds. The van der Waals surface area contributed by atoms with Gasteiger partial charge in [0.05, 0.1) is 17.0 Å². The Labute approximate surface area is 171 Å². The van der Waals surface area contributed by atoms with Gasteiger partial charge in [0.25, 0.3) is 0 Å². The summed E-state index contributed by atoms with van der Waals surface area (Å²) in [6, 6.07) is 23.3. The first-order valence-corrected chi connectivity index (χ1v) is 11.0. The highest BCUT2D eigenvalue weighted by atomic mass is 32.2. The fourth-order valence-electron chi connectivity index (χ4n) is 3.18. The van der Waals surface area contributed by atoms with Crippen molar-refractivity contribution < 1.29 is 18.3 Å². The van der Waals surface area contributed by atoms with Crippen molar-refractivity contribution in [2.45, 2.75) is 25.0 Å². The highest BCUT2D eigenvalue weighted by molar-refractivity contribution is 7.91. The topological polar surface area (TPSA) is 83.5 Å². The maximum atomic E-state index is 12.6. The number of rotatable bonds is 9. The van der Waals surface area contributed by atoms with Crippen molar-refractivity contribution in [3.8, 4) is 0 Å². The molecule has 0 spiro atoms. The molecule has 0 aliphatic rings. The molecule has 0 heterocycles. The van der Waals surface area contributed by atoms with Gasteiger partial charge in [0, 0.05) is 0 Å². The molecule has 2 N–H and O–H groups in total. The van der Waals surface area contributed by atoms with E-state index in [-0.39, 0.29) is 11.3 Å². The van der Waals surface area contributed by atoms with Crippen LogP contribution in [-0.4, -0.2) is 19.5 Å². The molecular weight excluding hydrogens is 386 g/mol. The van der Waals surface area contributed by atoms with Gasteiger partial charge in [-0.15, -0.1) is 0 Å². The number of aromatic carboxylic acids is 1. The van der Waals surface area contributed by atoms with Crippen molar-refractivity contribution in [1.29, 1.82) is 0 Å². The first-order valence-electron chi connectivity index (χ1n) is 9.37. The Hall–Kier alpha value is -3.12. The van der Waals surface area contributed by atoms with Crippen LogP contribution < -0.4 is 4.72 Å². The first kappa shape index (κ1) is 20.6. The second-order valence-corrected chi connectivity index (χ2v) is 8.59. The van der Waals surface area contributed by atoms with Crippen LogP contribution in [0.25, 0.3) is 0 Å². The highest BCUT2D eigenvalue weighted by Gasteiger charge is 2.14. The highest BCUT2D eigenvalue weighted by Crippen LogP contribution is 2.21.